The van der Waals surface area contributed by atoms with E-state index in [0.717, 1.165) is 10.2 Å². The molecule has 2 aromatic carbocycles. The lowest BCUT2D eigenvalue weighted by atomic mass is 9.96. The van der Waals surface area contributed by atoms with Crippen molar-refractivity contribution in [1.29, 1.82) is 0 Å². The summed E-state index contributed by atoms with van der Waals surface area (Å²) in [7, 11) is 0. The van der Waals surface area contributed by atoms with Gasteiger partial charge < -0.3 is 9.84 Å². The van der Waals surface area contributed by atoms with Crippen LogP contribution in [0, 0.1) is 5.82 Å². The van der Waals surface area contributed by atoms with Gasteiger partial charge in [0.05, 0.1) is 13.2 Å². The van der Waals surface area contributed by atoms with Gasteiger partial charge in [-0.2, -0.15) is 0 Å². The molecule has 2 rings (SSSR count). The molecule has 0 fully saturated rings. The van der Waals surface area contributed by atoms with E-state index in [-0.39, 0.29) is 18.3 Å². The van der Waals surface area contributed by atoms with Crippen molar-refractivity contribution in [3.8, 4) is 5.75 Å². The van der Waals surface area contributed by atoms with E-state index in [4.69, 9.17) is 4.74 Å². The molecule has 2 nitrogen and oxygen atoms in total. The Labute approximate surface area is 126 Å². The molecule has 4 heteroatoms. The Balaban J connectivity index is 1.91. The van der Waals surface area contributed by atoms with Crippen LogP contribution in [0.4, 0.5) is 4.39 Å². The summed E-state index contributed by atoms with van der Waals surface area (Å²) in [6.45, 7) is 0.339. The molecule has 0 aliphatic rings. The summed E-state index contributed by atoms with van der Waals surface area (Å²) in [5.41, 5.74) is 0.536. The van der Waals surface area contributed by atoms with E-state index < -0.39 is 0 Å². The van der Waals surface area contributed by atoms with Crippen LogP contribution in [0.15, 0.2) is 53.0 Å². The van der Waals surface area contributed by atoms with Crippen LogP contribution < -0.4 is 4.74 Å². The molecule has 106 valence electrons. The summed E-state index contributed by atoms with van der Waals surface area (Å²) in [5, 5.41) is 9.41. The first-order valence-corrected chi connectivity index (χ1v) is 7.23. The van der Waals surface area contributed by atoms with Gasteiger partial charge >= 0.3 is 0 Å². The predicted octanol–water partition coefficient (Wildman–Crippen LogP) is 4.13. The lowest BCUT2D eigenvalue weighted by Crippen LogP contribution is -2.11. The smallest absolute Gasteiger partial charge is 0.126 e. The van der Waals surface area contributed by atoms with E-state index in [1.54, 1.807) is 18.2 Å². The first kappa shape index (κ1) is 15.0. The van der Waals surface area contributed by atoms with Crippen LogP contribution in [0.5, 0.6) is 5.75 Å². The summed E-state index contributed by atoms with van der Waals surface area (Å²) in [5.74, 6) is 0.236. The average Bonchev–Trinajstić information content (AvgIpc) is 2.47. The van der Waals surface area contributed by atoms with Crippen molar-refractivity contribution in [3.63, 3.8) is 0 Å². The SMILES string of the molecule is OCC(CCOc1ccc(Br)cc1)c1ccccc1F. The molecule has 2 aromatic rings. The highest BCUT2D eigenvalue weighted by Crippen LogP contribution is 2.23. The third-order valence-electron chi connectivity index (χ3n) is 3.11. The Morgan fingerprint density at radius 2 is 1.80 bits per heavy atom. The van der Waals surface area contributed by atoms with Crippen LogP contribution in [0.1, 0.15) is 17.9 Å². The van der Waals surface area contributed by atoms with Crippen LogP contribution in [-0.2, 0) is 0 Å². The summed E-state index contributed by atoms with van der Waals surface area (Å²) in [6, 6.07) is 14.1. The first-order valence-electron chi connectivity index (χ1n) is 6.44. The van der Waals surface area contributed by atoms with Crippen molar-refractivity contribution < 1.29 is 14.2 Å². The lowest BCUT2D eigenvalue weighted by Gasteiger charge is -2.15. The molecule has 0 aliphatic carbocycles. The van der Waals surface area contributed by atoms with Crippen LogP contribution in [0.3, 0.4) is 0 Å². The summed E-state index contributed by atoms with van der Waals surface area (Å²) >= 11 is 3.36. The highest BCUT2D eigenvalue weighted by molar-refractivity contribution is 9.10. The zero-order valence-electron chi connectivity index (χ0n) is 10.9. The minimum Gasteiger partial charge on any atom is -0.494 e. The maximum Gasteiger partial charge on any atom is 0.126 e. The molecule has 0 saturated heterocycles. The third kappa shape index (κ3) is 4.05. The van der Waals surface area contributed by atoms with Gasteiger partial charge in [-0.15, -0.1) is 0 Å². The van der Waals surface area contributed by atoms with Gasteiger partial charge in [-0.25, -0.2) is 4.39 Å². The molecule has 0 amide bonds. The second-order valence-corrected chi connectivity index (χ2v) is 5.41. The van der Waals surface area contributed by atoms with Gasteiger partial charge in [-0.05, 0) is 42.3 Å². The number of aliphatic hydroxyl groups excluding tert-OH is 1. The summed E-state index contributed by atoms with van der Waals surface area (Å²) in [4.78, 5) is 0. The fourth-order valence-electron chi connectivity index (χ4n) is 2.00. The molecule has 0 aliphatic heterocycles. The molecule has 1 atom stereocenters. The Hall–Kier alpha value is -1.39. The molecule has 0 heterocycles. The van der Waals surface area contributed by atoms with Gasteiger partial charge in [0.15, 0.2) is 0 Å². The predicted molar refractivity (Wildman–Crippen MR) is 80.5 cm³/mol. The molecule has 0 bridgehead atoms. The van der Waals surface area contributed by atoms with E-state index in [0.29, 0.717) is 18.6 Å². The first-order chi connectivity index (χ1) is 9.70. The Morgan fingerprint density at radius 1 is 1.10 bits per heavy atom. The van der Waals surface area contributed by atoms with E-state index in [1.165, 1.54) is 6.07 Å². The van der Waals surface area contributed by atoms with Crippen molar-refractivity contribution in [1.82, 2.24) is 0 Å². The molecule has 20 heavy (non-hydrogen) atoms. The minimum atomic E-state index is -0.282. The number of halogens is 2. The van der Waals surface area contributed by atoms with Crippen molar-refractivity contribution in [3.05, 3.63) is 64.4 Å². The van der Waals surface area contributed by atoms with Gasteiger partial charge in [0.25, 0.3) is 0 Å². The monoisotopic (exact) mass is 338 g/mol. The molecular formula is C16H16BrFO2. The van der Waals surface area contributed by atoms with Crippen LogP contribution in [-0.4, -0.2) is 18.3 Å². The van der Waals surface area contributed by atoms with E-state index in [2.05, 4.69) is 15.9 Å². The van der Waals surface area contributed by atoms with Crippen LogP contribution in [0.2, 0.25) is 0 Å². The molecular weight excluding hydrogens is 323 g/mol. The van der Waals surface area contributed by atoms with Gasteiger partial charge in [0.2, 0.25) is 0 Å². The lowest BCUT2D eigenvalue weighted by molar-refractivity contribution is 0.227. The average molecular weight is 339 g/mol. The van der Waals surface area contributed by atoms with Gasteiger partial charge in [-0.1, -0.05) is 34.1 Å². The zero-order valence-corrected chi connectivity index (χ0v) is 12.5. The second kappa shape index (κ2) is 7.41. The maximum atomic E-state index is 13.7. The Morgan fingerprint density at radius 3 is 2.45 bits per heavy atom. The van der Waals surface area contributed by atoms with Crippen LogP contribution in [0.25, 0.3) is 0 Å². The fourth-order valence-corrected chi connectivity index (χ4v) is 2.27. The van der Waals surface area contributed by atoms with Crippen molar-refractivity contribution in [2.24, 2.45) is 0 Å². The summed E-state index contributed by atoms with van der Waals surface area (Å²) < 4.78 is 20.3. The van der Waals surface area contributed by atoms with Gasteiger partial charge in [-0.3, -0.25) is 0 Å². The normalized spacial score (nSPS) is 12.2. The molecule has 1 N–H and O–H groups in total. The second-order valence-electron chi connectivity index (χ2n) is 4.49. The minimum absolute atomic E-state index is 0.0926. The molecule has 0 spiro atoms. The molecule has 0 aromatic heterocycles. The number of rotatable bonds is 6. The van der Waals surface area contributed by atoms with E-state index in [1.807, 2.05) is 24.3 Å². The highest BCUT2D eigenvalue weighted by Gasteiger charge is 2.14. The van der Waals surface area contributed by atoms with E-state index >= 15 is 0 Å². The standard InChI is InChI=1S/C16H16BrFO2/c17-13-5-7-14(8-6-13)20-10-9-12(11-19)15-3-1-2-4-16(15)18/h1-8,12,19H,9-11H2. The summed E-state index contributed by atoms with van der Waals surface area (Å²) in [6.07, 6.45) is 0.563. The highest BCUT2D eigenvalue weighted by atomic mass is 79.9. The van der Waals surface area contributed by atoms with Crippen LogP contribution >= 0.6 is 15.9 Å². The Bertz CT molecular complexity index is 542. The van der Waals surface area contributed by atoms with Gasteiger partial charge in [0, 0.05) is 10.4 Å². The third-order valence-corrected chi connectivity index (χ3v) is 3.64. The quantitative estimate of drug-likeness (QED) is 0.857. The molecule has 0 radical (unpaired) electrons. The molecule has 1 unspecified atom stereocenters. The number of benzene rings is 2. The number of hydrogen-bond acceptors (Lipinski definition) is 2. The van der Waals surface area contributed by atoms with Crippen molar-refractivity contribution in [2.45, 2.75) is 12.3 Å². The largest absolute Gasteiger partial charge is 0.494 e. The topological polar surface area (TPSA) is 29.5 Å². The zero-order chi connectivity index (χ0) is 14.4. The number of aliphatic hydroxyl groups is 1. The fraction of sp³-hybridized carbons (Fsp3) is 0.250. The Kier molecular flexibility index (Phi) is 5.56. The van der Waals surface area contributed by atoms with Crippen molar-refractivity contribution in [2.75, 3.05) is 13.2 Å². The van der Waals surface area contributed by atoms with E-state index in [9.17, 15) is 9.50 Å². The van der Waals surface area contributed by atoms with Gasteiger partial charge in [0.1, 0.15) is 11.6 Å². The van der Waals surface area contributed by atoms with Crippen molar-refractivity contribution >= 4 is 15.9 Å². The number of ether oxygens (including phenoxy) is 1. The maximum absolute atomic E-state index is 13.7. The number of hydrogen-bond donors (Lipinski definition) is 1. The molecule has 0 saturated carbocycles.